The van der Waals surface area contributed by atoms with Gasteiger partial charge in [0.15, 0.2) is 0 Å². The molecule has 0 aliphatic rings. The van der Waals surface area contributed by atoms with Crippen molar-refractivity contribution in [1.29, 1.82) is 0 Å². The van der Waals surface area contributed by atoms with Crippen molar-refractivity contribution < 1.29 is 13.6 Å². The minimum absolute atomic E-state index is 0.441. The van der Waals surface area contributed by atoms with Gasteiger partial charge in [0.25, 0.3) is 0 Å². The van der Waals surface area contributed by atoms with E-state index in [4.69, 9.17) is 9.05 Å². The lowest BCUT2D eigenvalue weighted by Crippen LogP contribution is -2.22. The Bertz CT molecular complexity index is 887. The van der Waals surface area contributed by atoms with Crippen molar-refractivity contribution >= 4 is 50.9 Å². The van der Waals surface area contributed by atoms with Crippen molar-refractivity contribution in [3.8, 4) is 0 Å². The van der Waals surface area contributed by atoms with Gasteiger partial charge in [-0.15, -0.1) is 0 Å². The van der Waals surface area contributed by atoms with Gasteiger partial charge in [-0.05, 0) is 87.2 Å². The third kappa shape index (κ3) is 43.1. The molecule has 0 heterocycles. The van der Waals surface area contributed by atoms with E-state index in [1.807, 2.05) is 43.2 Å². The van der Waals surface area contributed by atoms with Crippen LogP contribution in [0.4, 0.5) is 0 Å². The van der Waals surface area contributed by atoms with Gasteiger partial charge in [0.2, 0.25) is 0 Å². The molecule has 0 saturated carbocycles. The highest BCUT2D eigenvalue weighted by Crippen LogP contribution is 2.44. The first-order valence-electron chi connectivity index (χ1n) is 24.9. The van der Waals surface area contributed by atoms with E-state index in [0.717, 1.165) is 83.3 Å². The molecule has 0 aromatic heterocycles. The van der Waals surface area contributed by atoms with E-state index in [2.05, 4.69) is 93.3 Å². The minimum Gasteiger partial charge on any atom is -0.309 e. The normalized spacial score (nSPS) is 16.5. The molecule has 59 heavy (non-hydrogen) atoms. The van der Waals surface area contributed by atoms with E-state index in [1.54, 1.807) is 0 Å². The fourth-order valence-corrected chi connectivity index (χ4v) is 13.5. The zero-order valence-corrected chi connectivity index (χ0v) is 45.5. The average molecular weight is 928 g/mol. The second-order valence-corrected chi connectivity index (χ2v) is 27.3. The molecule has 10 heteroatoms. The van der Waals surface area contributed by atoms with Crippen LogP contribution in [0.15, 0.2) is 0 Å². The maximum absolute atomic E-state index is 13.6. The Morgan fingerprint density at radius 3 is 1.02 bits per heavy atom. The summed E-state index contributed by atoms with van der Waals surface area (Å²) in [6, 6.07) is 0. The molecule has 0 rings (SSSR count). The first-order valence-corrected chi connectivity index (χ1v) is 31.4. The van der Waals surface area contributed by atoms with Crippen molar-refractivity contribution in [2.75, 3.05) is 63.4 Å². The summed E-state index contributed by atoms with van der Waals surface area (Å²) in [5.74, 6) is 10.7. The Morgan fingerprint density at radius 1 is 0.424 bits per heavy atom. The predicted octanol–water partition coefficient (Wildman–Crippen LogP) is 17.4. The molecule has 0 aromatic rings. The summed E-state index contributed by atoms with van der Waals surface area (Å²) >= 11 is 0. The van der Waals surface area contributed by atoms with Gasteiger partial charge >= 0.3 is 7.75 Å². The van der Waals surface area contributed by atoms with Crippen LogP contribution in [-0.4, -0.2) is 68.3 Å². The summed E-state index contributed by atoms with van der Waals surface area (Å²) in [6.45, 7) is 26.5. The molecule has 6 unspecified atom stereocenters. The van der Waals surface area contributed by atoms with E-state index in [1.165, 1.54) is 128 Å². The average Bonchev–Trinajstić information content (AvgIpc) is 3.15. The highest BCUT2D eigenvalue weighted by atomic mass is 33.1. The van der Waals surface area contributed by atoms with Gasteiger partial charge in [-0.1, -0.05) is 228 Å². The van der Waals surface area contributed by atoms with Crippen molar-refractivity contribution in [2.45, 2.75) is 204 Å². The van der Waals surface area contributed by atoms with Crippen molar-refractivity contribution in [3.05, 3.63) is 0 Å². The van der Waals surface area contributed by atoms with Crippen LogP contribution in [0.3, 0.4) is 0 Å². The van der Waals surface area contributed by atoms with E-state index in [9.17, 15) is 4.57 Å². The first kappa shape index (κ1) is 60.5. The summed E-state index contributed by atoms with van der Waals surface area (Å²) < 4.78 is 25.5. The van der Waals surface area contributed by atoms with Crippen molar-refractivity contribution in [2.24, 2.45) is 47.3 Å². The van der Waals surface area contributed by atoms with Crippen LogP contribution in [0.2, 0.25) is 0 Å². The lowest BCUT2D eigenvalue weighted by molar-refractivity contribution is 0.213. The smallest absolute Gasteiger partial charge is 0.309 e. The van der Waals surface area contributed by atoms with Gasteiger partial charge < -0.3 is 4.90 Å². The van der Waals surface area contributed by atoms with Gasteiger partial charge in [-0.3, -0.25) is 9.05 Å². The molecular formula is C49H103N2O3PS4. The first-order chi connectivity index (χ1) is 28.1. The molecule has 1 N–H and O–H groups in total. The zero-order valence-electron chi connectivity index (χ0n) is 41.4. The van der Waals surface area contributed by atoms with Gasteiger partial charge in [0.1, 0.15) is 0 Å². The molecule has 0 aromatic carbocycles. The fraction of sp³-hybridized carbons (Fsp3) is 1.00. The maximum atomic E-state index is 13.6. The topological polar surface area (TPSA) is 50.8 Å². The van der Waals surface area contributed by atoms with E-state index >= 15 is 0 Å². The number of nitrogens with one attached hydrogen (secondary N) is 1. The van der Waals surface area contributed by atoms with Gasteiger partial charge in [-0.2, -0.15) is 0 Å². The Morgan fingerprint density at radius 2 is 0.712 bits per heavy atom. The molecule has 0 aliphatic heterocycles. The number of hydrogen-bond donors (Lipinski definition) is 1. The standard InChI is InChI=1S/C49H103N2O3PS4/c1-42(2)20-13-22-44(5)24-15-26-46(7)28-17-30-48(9)32-38-56-58-40-36-53-55(52,50-34-19-35-51(11)12)54-37-41-59-57-39-33-49(10)31-18-29-47(8)27-16-25-45(6)23-14-21-43(3)4/h42-49H,13-41H2,1-12H3,(H,50,52). The number of rotatable bonds is 45. The summed E-state index contributed by atoms with van der Waals surface area (Å²) in [5.41, 5.74) is 0. The third-order valence-corrected chi connectivity index (χ3v) is 18.5. The van der Waals surface area contributed by atoms with E-state index in [-0.39, 0.29) is 0 Å². The quantitative estimate of drug-likeness (QED) is 0.0366. The van der Waals surface area contributed by atoms with Crippen LogP contribution in [0.1, 0.15) is 204 Å². The highest BCUT2D eigenvalue weighted by molar-refractivity contribution is 8.77. The maximum Gasteiger partial charge on any atom is 0.405 e. The zero-order chi connectivity index (χ0) is 44.2. The molecule has 356 valence electrons. The molecule has 5 nitrogen and oxygen atoms in total. The van der Waals surface area contributed by atoms with Crippen molar-refractivity contribution in [3.63, 3.8) is 0 Å². The Kier molecular flexibility index (Phi) is 42.0. The summed E-state index contributed by atoms with van der Waals surface area (Å²) in [6.07, 6.45) is 28.4. The monoisotopic (exact) mass is 927 g/mol. The third-order valence-electron chi connectivity index (χ3n) is 12.0. The summed E-state index contributed by atoms with van der Waals surface area (Å²) in [5, 5.41) is 3.15. The van der Waals surface area contributed by atoms with Crippen LogP contribution >= 0.6 is 50.9 Å². The highest BCUT2D eigenvalue weighted by Gasteiger charge is 2.24. The minimum atomic E-state index is -3.32. The SMILES string of the molecule is CC(C)CCCC(C)CCCC(C)CCCC(C)CCSSCCOP(=O)(NCCCN(C)C)OCCSSCCC(C)CCCC(C)CCCC(C)CCCC(C)C. The van der Waals surface area contributed by atoms with Crippen LogP contribution in [0, 0.1) is 47.3 Å². The van der Waals surface area contributed by atoms with Crippen LogP contribution in [-0.2, 0) is 13.6 Å². The lowest BCUT2D eigenvalue weighted by atomic mass is 9.91. The van der Waals surface area contributed by atoms with Crippen LogP contribution in [0.5, 0.6) is 0 Å². The summed E-state index contributed by atoms with van der Waals surface area (Å²) in [7, 11) is 8.36. The second-order valence-electron chi connectivity index (χ2n) is 20.1. The van der Waals surface area contributed by atoms with Gasteiger partial charge in [0.05, 0.1) is 13.2 Å². The van der Waals surface area contributed by atoms with Gasteiger partial charge in [0, 0.05) is 29.6 Å². The van der Waals surface area contributed by atoms with E-state index < -0.39 is 7.75 Å². The van der Waals surface area contributed by atoms with E-state index in [0.29, 0.717) is 19.8 Å². The molecular weight excluding hydrogens is 824 g/mol. The Hall–Kier alpha value is 1.47. The molecule has 0 saturated heterocycles. The molecule has 0 spiro atoms. The fourth-order valence-electron chi connectivity index (χ4n) is 7.73. The van der Waals surface area contributed by atoms with Crippen LogP contribution < -0.4 is 5.09 Å². The molecule has 0 radical (unpaired) electrons. The molecule has 0 bridgehead atoms. The number of hydrogen-bond acceptors (Lipinski definition) is 8. The molecule has 0 aliphatic carbocycles. The molecule has 6 atom stereocenters. The van der Waals surface area contributed by atoms with Gasteiger partial charge in [-0.25, -0.2) is 9.65 Å². The summed E-state index contributed by atoms with van der Waals surface area (Å²) in [4.78, 5) is 2.15. The lowest BCUT2D eigenvalue weighted by Gasteiger charge is -2.20. The second kappa shape index (κ2) is 40.9. The molecule has 0 amide bonds. The van der Waals surface area contributed by atoms with Crippen molar-refractivity contribution in [1.82, 2.24) is 9.99 Å². The Balaban J connectivity index is 4.11. The predicted molar refractivity (Wildman–Crippen MR) is 278 cm³/mol. The largest absolute Gasteiger partial charge is 0.405 e. The van der Waals surface area contributed by atoms with Crippen LogP contribution in [0.25, 0.3) is 0 Å². The molecule has 0 fully saturated rings. The number of nitrogens with zero attached hydrogens (tertiary/aromatic N) is 1. The Labute approximate surface area is 387 Å².